The molecule has 0 fully saturated rings. The molecule has 286 valence electrons. The van der Waals surface area contributed by atoms with Crippen molar-refractivity contribution in [3.8, 4) is 27.9 Å². The van der Waals surface area contributed by atoms with Crippen molar-refractivity contribution < 1.29 is 0 Å². The van der Waals surface area contributed by atoms with Crippen molar-refractivity contribution in [2.75, 3.05) is 9.80 Å². The Morgan fingerprint density at radius 2 is 0.767 bits per heavy atom. The summed E-state index contributed by atoms with van der Waals surface area (Å²) in [6.45, 7) is 4.75. The minimum Gasteiger partial charge on any atom is -0.310 e. The Morgan fingerprint density at radius 1 is 0.333 bits per heavy atom. The highest BCUT2D eigenvalue weighted by Crippen LogP contribution is 2.49. The molecule has 0 saturated heterocycles. The van der Waals surface area contributed by atoms with Gasteiger partial charge in [-0.05, 0) is 124 Å². The number of fused-ring (bicyclic) bond motifs is 5. The van der Waals surface area contributed by atoms with Crippen LogP contribution in [-0.2, 0) is 5.41 Å². The van der Waals surface area contributed by atoms with E-state index in [0.29, 0.717) is 0 Å². The number of hydrogen-bond donors (Lipinski definition) is 0. The highest BCUT2D eigenvalue weighted by atomic mass is 15.2. The molecule has 1 aliphatic rings. The lowest BCUT2D eigenvalue weighted by Crippen LogP contribution is -2.26. The first-order valence-electron chi connectivity index (χ1n) is 20.8. The van der Waals surface area contributed by atoms with Gasteiger partial charge in [0.1, 0.15) is 0 Å². The van der Waals surface area contributed by atoms with Gasteiger partial charge in [-0.3, -0.25) is 0 Å². The largest absolute Gasteiger partial charge is 0.310 e. The first-order chi connectivity index (χ1) is 29.5. The summed E-state index contributed by atoms with van der Waals surface area (Å²) in [5, 5.41) is 2.58. The van der Waals surface area contributed by atoms with Gasteiger partial charge in [0, 0.05) is 50.3 Å². The Morgan fingerprint density at radius 3 is 1.28 bits per heavy atom. The molecule has 9 aromatic carbocycles. The Balaban J connectivity index is 1.09. The standard InChI is InChI=1S/C57H43N3/c1-57(2)52-28-16-18-30-55(52)60-54-29-17-15-27-50(54)51-37-43(38-53(57)56(51)60)41-33-31-40(32-34-41)42-35-48(58(44-19-7-3-8-20-44)45-21-9-4-10-22-45)39-49(36-42)59(46-23-11-5-12-24-46)47-25-13-6-14-26-47/h3-39H,1-2H3. The van der Waals surface area contributed by atoms with Gasteiger partial charge in [0.25, 0.3) is 0 Å². The summed E-state index contributed by atoms with van der Waals surface area (Å²) in [6, 6.07) is 81.4. The number of benzene rings is 9. The molecular weight excluding hydrogens is 727 g/mol. The second kappa shape index (κ2) is 14.3. The van der Waals surface area contributed by atoms with Crippen LogP contribution >= 0.6 is 0 Å². The van der Waals surface area contributed by atoms with Gasteiger partial charge in [-0.2, -0.15) is 0 Å². The number of rotatable bonds is 8. The van der Waals surface area contributed by atoms with Gasteiger partial charge in [-0.25, -0.2) is 0 Å². The molecule has 1 aromatic heterocycles. The minimum absolute atomic E-state index is 0.168. The fourth-order valence-electron chi connectivity index (χ4n) is 9.41. The molecule has 0 bridgehead atoms. The maximum absolute atomic E-state index is 2.49. The van der Waals surface area contributed by atoms with Gasteiger partial charge >= 0.3 is 0 Å². The van der Waals surface area contributed by atoms with Gasteiger partial charge in [-0.1, -0.05) is 147 Å². The minimum atomic E-state index is -0.168. The van der Waals surface area contributed by atoms with Crippen molar-refractivity contribution in [1.29, 1.82) is 0 Å². The van der Waals surface area contributed by atoms with E-state index in [9.17, 15) is 0 Å². The zero-order chi connectivity index (χ0) is 40.2. The summed E-state index contributed by atoms with van der Waals surface area (Å²) in [6.07, 6.45) is 0. The van der Waals surface area contributed by atoms with Crippen molar-refractivity contribution in [2.24, 2.45) is 0 Å². The molecule has 2 heterocycles. The van der Waals surface area contributed by atoms with Crippen LogP contribution in [0.15, 0.2) is 224 Å². The number of hydrogen-bond acceptors (Lipinski definition) is 2. The SMILES string of the molecule is CC1(C)c2ccccc2-n2c3ccccc3c3cc(-c4ccc(-c5cc(N(c6ccccc6)c6ccccc6)cc(N(c6ccccc6)c6ccccc6)c5)cc4)cc1c32. The molecule has 0 saturated carbocycles. The van der Waals surface area contributed by atoms with E-state index in [1.165, 1.54) is 49.7 Å². The predicted molar refractivity (Wildman–Crippen MR) is 253 cm³/mol. The molecule has 0 unspecified atom stereocenters. The molecule has 0 radical (unpaired) electrons. The Labute approximate surface area is 351 Å². The third-order valence-electron chi connectivity index (χ3n) is 12.3. The smallest absolute Gasteiger partial charge is 0.0582 e. The van der Waals surface area contributed by atoms with Gasteiger partial charge in [0.05, 0.1) is 16.7 Å². The predicted octanol–water partition coefficient (Wildman–Crippen LogP) is 15.7. The van der Waals surface area contributed by atoms with E-state index in [2.05, 4.69) is 253 Å². The van der Waals surface area contributed by atoms with Crippen LogP contribution < -0.4 is 9.80 Å². The average Bonchev–Trinajstić information content (AvgIpc) is 3.64. The molecular formula is C57H43N3. The highest BCUT2D eigenvalue weighted by Gasteiger charge is 2.35. The van der Waals surface area contributed by atoms with Crippen LogP contribution in [-0.4, -0.2) is 4.57 Å². The Kier molecular flexibility index (Phi) is 8.49. The van der Waals surface area contributed by atoms with E-state index in [1.54, 1.807) is 0 Å². The first-order valence-corrected chi connectivity index (χ1v) is 20.8. The van der Waals surface area contributed by atoms with E-state index in [0.717, 1.165) is 45.3 Å². The van der Waals surface area contributed by atoms with Crippen LogP contribution in [0.1, 0.15) is 25.0 Å². The fourth-order valence-corrected chi connectivity index (χ4v) is 9.41. The van der Waals surface area contributed by atoms with Gasteiger partial charge < -0.3 is 14.4 Å². The first kappa shape index (κ1) is 35.5. The maximum Gasteiger partial charge on any atom is 0.0582 e. The van der Waals surface area contributed by atoms with Crippen molar-refractivity contribution in [3.05, 3.63) is 236 Å². The summed E-state index contributed by atoms with van der Waals surface area (Å²) in [4.78, 5) is 4.71. The molecule has 10 aromatic rings. The quantitative estimate of drug-likeness (QED) is 0.152. The zero-order valence-electron chi connectivity index (χ0n) is 33.7. The molecule has 3 nitrogen and oxygen atoms in total. The van der Waals surface area contributed by atoms with Crippen LogP contribution in [0.3, 0.4) is 0 Å². The topological polar surface area (TPSA) is 11.4 Å². The summed E-state index contributed by atoms with van der Waals surface area (Å²) in [5.41, 5.74) is 17.6. The van der Waals surface area contributed by atoms with Gasteiger partial charge in [0.15, 0.2) is 0 Å². The van der Waals surface area contributed by atoms with Crippen LogP contribution in [0, 0.1) is 0 Å². The lowest BCUT2D eigenvalue weighted by Gasteiger charge is -2.35. The van der Waals surface area contributed by atoms with Crippen molar-refractivity contribution in [3.63, 3.8) is 0 Å². The van der Waals surface area contributed by atoms with E-state index in [-0.39, 0.29) is 5.41 Å². The van der Waals surface area contributed by atoms with Crippen LogP contribution in [0.2, 0.25) is 0 Å². The molecule has 3 heteroatoms. The van der Waals surface area contributed by atoms with E-state index in [4.69, 9.17) is 0 Å². The lowest BCUT2D eigenvalue weighted by atomic mass is 9.74. The fraction of sp³-hybridized carbons (Fsp3) is 0.0526. The normalized spacial score (nSPS) is 12.6. The summed E-state index contributed by atoms with van der Waals surface area (Å²) < 4.78 is 2.49. The van der Waals surface area contributed by atoms with Crippen LogP contribution in [0.5, 0.6) is 0 Å². The van der Waals surface area contributed by atoms with Gasteiger partial charge in [0.2, 0.25) is 0 Å². The van der Waals surface area contributed by atoms with E-state index in [1.807, 2.05) is 0 Å². The van der Waals surface area contributed by atoms with Crippen molar-refractivity contribution in [1.82, 2.24) is 4.57 Å². The Bertz CT molecular complexity index is 2970. The average molecular weight is 770 g/mol. The second-order valence-corrected chi connectivity index (χ2v) is 16.2. The Hall–Kier alpha value is -7.62. The molecule has 0 spiro atoms. The zero-order valence-corrected chi connectivity index (χ0v) is 33.7. The molecule has 60 heavy (non-hydrogen) atoms. The van der Waals surface area contributed by atoms with Gasteiger partial charge in [-0.15, -0.1) is 0 Å². The highest BCUT2D eigenvalue weighted by molar-refractivity contribution is 6.13. The summed E-state index contributed by atoms with van der Waals surface area (Å²) in [7, 11) is 0. The molecule has 0 aliphatic carbocycles. The second-order valence-electron chi connectivity index (χ2n) is 16.2. The monoisotopic (exact) mass is 769 g/mol. The van der Waals surface area contributed by atoms with Crippen LogP contribution in [0.4, 0.5) is 34.1 Å². The van der Waals surface area contributed by atoms with Crippen LogP contribution in [0.25, 0.3) is 49.7 Å². The number of anilines is 6. The maximum atomic E-state index is 2.49. The molecule has 0 atom stereocenters. The number of para-hydroxylation sites is 6. The molecule has 11 rings (SSSR count). The number of nitrogens with zero attached hydrogens (tertiary/aromatic N) is 3. The molecule has 0 amide bonds. The van der Waals surface area contributed by atoms with Crippen molar-refractivity contribution >= 4 is 55.9 Å². The molecule has 1 aliphatic heterocycles. The third kappa shape index (κ3) is 5.89. The van der Waals surface area contributed by atoms with E-state index >= 15 is 0 Å². The molecule has 0 N–H and O–H groups in total. The van der Waals surface area contributed by atoms with Crippen molar-refractivity contribution in [2.45, 2.75) is 19.3 Å². The summed E-state index contributed by atoms with van der Waals surface area (Å²) in [5.74, 6) is 0. The van der Waals surface area contributed by atoms with E-state index < -0.39 is 0 Å². The lowest BCUT2D eigenvalue weighted by molar-refractivity contribution is 0.630. The summed E-state index contributed by atoms with van der Waals surface area (Å²) >= 11 is 0. The number of aromatic nitrogens is 1. The third-order valence-corrected chi connectivity index (χ3v) is 12.3.